The van der Waals surface area contributed by atoms with Gasteiger partial charge in [0.25, 0.3) is 10.0 Å². The summed E-state index contributed by atoms with van der Waals surface area (Å²) in [5.41, 5.74) is 5.95. The molecule has 38 heavy (non-hydrogen) atoms. The van der Waals surface area contributed by atoms with Gasteiger partial charge < -0.3 is 20.9 Å². The van der Waals surface area contributed by atoms with E-state index in [-0.39, 0.29) is 58.6 Å². The number of hydrogen-bond donors (Lipinski definition) is 2. The van der Waals surface area contributed by atoms with Gasteiger partial charge in [-0.25, -0.2) is 17.8 Å². The second-order valence-corrected chi connectivity index (χ2v) is 13.1. The Balaban J connectivity index is 0.00000253. The number of hydrogen-bond acceptors (Lipinski definition) is 9. The quantitative estimate of drug-likeness (QED) is 0.353. The zero-order valence-electron chi connectivity index (χ0n) is 21.1. The van der Waals surface area contributed by atoms with E-state index in [1.807, 2.05) is 19.0 Å². The van der Waals surface area contributed by atoms with Gasteiger partial charge in [0, 0.05) is 38.2 Å². The summed E-state index contributed by atoms with van der Waals surface area (Å²) in [6, 6.07) is 6.03. The normalized spacial score (nSPS) is 14.8. The van der Waals surface area contributed by atoms with Gasteiger partial charge in [-0.15, -0.1) is 36.2 Å². The van der Waals surface area contributed by atoms with Crippen molar-refractivity contribution in [3.8, 4) is 0 Å². The minimum atomic E-state index is -3.87. The van der Waals surface area contributed by atoms with Crippen LogP contribution >= 0.6 is 47.5 Å². The van der Waals surface area contributed by atoms with E-state index in [0.717, 1.165) is 55.1 Å². The molecule has 212 valence electrons. The maximum absolute atomic E-state index is 15.1. The van der Waals surface area contributed by atoms with Crippen LogP contribution in [0.3, 0.4) is 0 Å². The van der Waals surface area contributed by atoms with Crippen LogP contribution in [0.25, 0.3) is 10.2 Å². The molecule has 1 fully saturated rings. The summed E-state index contributed by atoms with van der Waals surface area (Å²) in [5, 5.41) is 4.84. The first-order valence-corrected chi connectivity index (χ1v) is 14.9. The number of piperidine rings is 1. The average molecular weight is 628 g/mol. The summed E-state index contributed by atoms with van der Waals surface area (Å²) >= 11 is 2.26. The summed E-state index contributed by atoms with van der Waals surface area (Å²) in [6.07, 6.45) is 1.47. The number of nitrogens with two attached hydrogens (primary N) is 1. The Morgan fingerprint density at radius 1 is 1.24 bits per heavy atom. The van der Waals surface area contributed by atoms with E-state index in [0.29, 0.717) is 22.9 Å². The molecule has 1 saturated heterocycles. The van der Waals surface area contributed by atoms with Gasteiger partial charge in [0.05, 0.1) is 10.4 Å². The molecular weight excluding hydrogens is 594 g/mol. The number of likely N-dealkylation sites (N-methyl/N-ethyl adjacent to an activating group) is 1. The number of likely N-dealkylation sites (tertiary alicyclic amines) is 1. The number of thiophene rings is 1. The molecule has 3 aromatic rings. The molecule has 0 unspecified atom stereocenters. The molecule has 2 aromatic heterocycles. The molecular formula is C23H33Cl2FN6O3S3. The maximum Gasteiger partial charge on any atom is 0.273 e. The third-order valence-electron chi connectivity index (χ3n) is 6.14. The Labute approximate surface area is 243 Å². The van der Waals surface area contributed by atoms with Crippen LogP contribution in [0.5, 0.6) is 0 Å². The standard InChI is InChI=1S/C23H31FN6O3S3.2ClH/c1-28(2)11-12-30(36(32,33)20-4-3-13-34-20)17-14-18(24)21-19(15-17)35-23(26-21)27-22(31)16-5-8-29(9-6-16)10-7-25;;/h3-4,13-16H,5-12,25H2,1-2H3,(H,26,27,31);2*1H. The second kappa shape index (κ2) is 14.2. The molecule has 4 rings (SSSR count). The number of thiazole rings is 1. The van der Waals surface area contributed by atoms with Gasteiger partial charge in [0.15, 0.2) is 10.9 Å². The molecule has 0 bridgehead atoms. The van der Waals surface area contributed by atoms with Crippen LogP contribution in [0.2, 0.25) is 0 Å². The minimum Gasteiger partial charge on any atom is -0.329 e. The van der Waals surface area contributed by atoms with Crippen LogP contribution in [0, 0.1) is 11.7 Å². The van der Waals surface area contributed by atoms with Gasteiger partial charge in [-0.3, -0.25) is 9.10 Å². The molecule has 0 atom stereocenters. The molecule has 0 spiro atoms. The van der Waals surface area contributed by atoms with Crippen molar-refractivity contribution in [2.24, 2.45) is 11.7 Å². The number of nitrogens with one attached hydrogen (secondary N) is 1. The van der Waals surface area contributed by atoms with E-state index in [1.165, 1.54) is 10.4 Å². The lowest BCUT2D eigenvalue weighted by atomic mass is 9.96. The summed E-state index contributed by atoms with van der Waals surface area (Å²) in [6.45, 7) is 3.66. The molecule has 1 aromatic carbocycles. The molecule has 15 heteroatoms. The molecule has 9 nitrogen and oxygen atoms in total. The number of aromatic nitrogens is 1. The summed E-state index contributed by atoms with van der Waals surface area (Å²) in [5.74, 6) is -0.899. The zero-order chi connectivity index (χ0) is 25.9. The lowest BCUT2D eigenvalue weighted by Crippen LogP contribution is -2.40. The van der Waals surface area contributed by atoms with Crippen molar-refractivity contribution >= 4 is 84.5 Å². The third kappa shape index (κ3) is 7.54. The first-order chi connectivity index (χ1) is 17.2. The lowest BCUT2D eigenvalue weighted by Gasteiger charge is -2.30. The maximum atomic E-state index is 15.1. The van der Waals surface area contributed by atoms with Crippen LogP contribution in [0.1, 0.15) is 12.8 Å². The molecule has 3 N–H and O–H groups in total. The van der Waals surface area contributed by atoms with Gasteiger partial charge in [-0.05, 0) is 57.5 Å². The fraction of sp³-hybridized carbons (Fsp3) is 0.478. The highest BCUT2D eigenvalue weighted by Crippen LogP contribution is 2.35. The number of nitrogens with zero attached hydrogens (tertiary/aromatic N) is 4. The predicted molar refractivity (Wildman–Crippen MR) is 158 cm³/mol. The summed E-state index contributed by atoms with van der Waals surface area (Å²) < 4.78 is 43.8. The molecule has 1 amide bonds. The number of carbonyl (C=O) groups excluding carboxylic acids is 1. The van der Waals surface area contributed by atoms with Crippen molar-refractivity contribution < 1.29 is 17.6 Å². The number of benzene rings is 1. The summed E-state index contributed by atoms with van der Waals surface area (Å²) in [7, 11) is -0.172. The SMILES string of the molecule is CN(C)CCN(c1cc(F)c2nc(NC(=O)C3CCN(CCN)CC3)sc2c1)S(=O)(=O)c1cccs1.Cl.Cl. The van der Waals surface area contributed by atoms with E-state index in [9.17, 15) is 13.2 Å². The highest BCUT2D eigenvalue weighted by atomic mass is 35.5. The van der Waals surface area contributed by atoms with E-state index < -0.39 is 15.8 Å². The highest BCUT2D eigenvalue weighted by molar-refractivity contribution is 7.94. The number of halogens is 3. The topological polar surface area (TPSA) is 112 Å². The molecule has 1 aliphatic heterocycles. The van der Waals surface area contributed by atoms with Gasteiger partial charge in [-0.2, -0.15) is 0 Å². The minimum absolute atomic E-state index is 0. The summed E-state index contributed by atoms with van der Waals surface area (Å²) in [4.78, 5) is 21.2. The molecule has 0 radical (unpaired) electrons. The van der Waals surface area contributed by atoms with Crippen molar-refractivity contribution in [3.05, 3.63) is 35.5 Å². The first kappa shape index (κ1) is 32.6. The Morgan fingerprint density at radius 2 is 1.95 bits per heavy atom. The van der Waals surface area contributed by atoms with Gasteiger partial charge in [0.1, 0.15) is 9.73 Å². The molecule has 3 heterocycles. The third-order valence-corrected chi connectivity index (χ3v) is 10.3. The monoisotopic (exact) mass is 626 g/mol. The Bertz CT molecular complexity index is 1300. The second-order valence-electron chi connectivity index (χ2n) is 9.00. The van der Waals surface area contributed by atoms with E-state index >= 15 is 4.39 Å². The van der Waals surface area contributed by atoms with E-state index in [4.69, 9.17) is 5.73 Å². The van der Waals surface area contributed by atoms with Crippen LogP contribution in [0.4, 0.5) is 15.2 Å². The van der Waals surface area contributed by atoms with E-state index in [2.05, 4.69) is 15.2 Å². The van der Waals surface area contributed by atoms with Gasteiger partial charge in [0.2, 0.25) is 5.91 Å². The lowest BCUT2D eigenvalue weighted by molar-refractivity contribution is -0.121. The molecule has 0 aliphatic carbocycles. The first-order valence-electron chi connectivity index (χ1n) is 11.7. The van der Waals surface area contributed by atoms with Crippen molar-refractivity contribution in [1.29, 1.82) is 0 Å². The van der Waals surface area contributed by atoms with Crippen LogP contribution in [-0.2, 0) is 14.8 Å². The molecule has 0 saturated carbocycles. The Kier molecular flexibility index (Phi) is 12.2. The zero-order valence-corrected chi connectivity index (χ0v) is 25.2. The van der Waals surface area contributed by atoms with Crippen molar-refractivity contribution in [2.45, 2.75) is 17.1 Å². The smallest absolute Gasteiger partial charge is 0.273 e. The number of rotatable bonds is 10. The van der Waals surface area contributed by atoms with Crippen LogP contribution in [0.15, 0.2) is 33.9 Å². The number of fused-ring (bicyclic) bond motifs is 1. The largest absolute Gasteiger partial charge is 0.329 e. The number of sulfonamides is 1. The predicted octanol–water partition coefficient (Wildman–Crippen LogP) is 3.71. The van der Waals surface area contributed by atoms with Crippen molar-refractivity contribution in [1.82, 2.24) is 14.8 Å². The van der Waals surface area contributed by atoms with Crippen molar-refractivity contribution in [3.63, 3.8) is 0 Å². The van der Waals surface area contributed by atoms with Gasteiger partial charge in [-0.1, -0.05) is 17.4 Å². The fourth-order valence-corrected chi connectivity index (χ4v) is 7.64. The molecule has 1 aliphatic rings. The number of amides is 1. The van der Waals surface area contributed by atoms with Crippen LogP contribution in [-0.4, -0.2) is 82.5 Å². The Morgan fingerprint density at radius 3 is 2.55 bits per heavy atom. The van der Waals surface area contributed by atoms with Gasteiger partial charge >= 0.3 is 0 Å². The van der Waals surface area contributed by atoms with E-state index in [1.54, 1.807) is 23.6 Å². The Hall–Kier alpha value is -1.58. The van der Waals surface area contributed by atoms with Crippen molar-refractivity contribution in [2.75, 3.05) is 63.0 Å². The number of carbonyl (C=O) groups is 1. The average Bonchev–Trinajstić information content (AvgIpc) is 3.50. The van der Waals surface area contributed by atoms with Crippen LogP contribution < -0.4 is 15.4 Å². The number of anilines is 2. The highest BCUT2D eigenvalue weighted by Gasteiger charge is 2.28. The fourth-order valence-electron chi connectivity index (χ4n) is 4.18.